The van der Waals surface area contributed by atoms with Crippen molar-refractivity contribution in [3.05, 3.63) is 59.9 Å². The molecule has 0 atom stereocenters. The van der Waals surface area contributed by atoms with Crippen LogP contribution in [0.25, 0.3) is 11.3 Å². The first-order chi connectivity index (χ1) is 16.1. The molecule has 1 aliphatic heterocycles. The third-order valence-electron chi connectivity index (χ3n) is 6.92. The molecule has 0 unspecified atom stereocenters. The molecule has 7 heteroatoms. The molecule has 1 saturated carbocycles. The van der Waals surface area contributed by atoms with Crippen molar-refractivity contribution in [1.29, 1.82) is 5.26 Å². The molecular weight excluding hydrogens is 414 g/mol. The zero-order valence-electron chi connectivity index (χ0n) is 18.9. The van der Waals surface area contributed by atoms with Crippen LogP contribution in [-0.2, 0) is 23.1 Å². The molecule has 3 aromatic rings. The van der Waals surface area contributed by atoms with Gasteiger partial charge in [-0.3, -0.25) is 4.79 Å². The Balaban J connectivity index is 1.56. The molecule has 0 saturated heterocycles. The van der Waals surface area contributed by atoms with E-state index in [-0.39, 0.29) is 17.9 Å². The normalized spacial score (nSPS) is 19.6. The van der Waals surface area contributed by atoms with Gasteiger partial charge in [0.1, 0.15) is 17.6 Å². The number of pyridine rings is 1. The zero-order chi connectivity index (χ0) is 22.9. The van der Waals surface area contributed by atoms with Gasteiger partial charge in [0, 0.05) is 43.1 Å². The van der Waals surface area contributed by atoms with Gasteiger partial charge in [-0.15, -0.1) is 0 Å². The molecule has 5 rings (SSSR count). The second-order valence-electron chi connectivity index (χ2n) is 8.78. The molecule has 3 heterocycles. The summed E-state index contributed by atoms with van der Waals surface area (Å²) < 4.78 is 7.38. The van der Waals surface area contributed by atoms with Gasteiger partial charge < -0.3 is 19.5 Å². The molecule has 2 aliphatic rings. The lowest BCUT2D eigenvalue weighted by molar-refractivity contribution is -0.124. The maximum absolute atomic E-state index is 13.8. The fraction of sp³-hybridized carbons (Fsp3) is 0.346. The molecule has 1 N–H and O–H groups in total. The smallest absolute Gasteiger partial charge is 0.230 e. The van der Waals surface area contributed by atoms with Crippen LogP contribution in [0.3, 0.4) is 0 Å². The molecule has 0 bridgehead atoms. The molecule has 1 aliphatic carbocycles. The van der Waals surface area contributed by atoms with Crippen molar-refractivity contribution in [2.75, 3.05) is 17.3 Å². The molecule has 1 aromatic carbocycles. The molecule has 0 spiro atoms. The molecule has 33 heavy (non-hydrogen) atoms. The largest absolute Gasteiger partial charge is 0.381 e. The number of nitriles is 1. The van der Waals surface area contributed by atoms with Crippen molar-refractivity contribution in [1.82, 2.24) is 9.55 Å². The van der Waals surface area contributed by atoms with E-state index in [2.05, 4.69) is 16.4 Å². The topological polar surface area (TPSA) is 83.2 Å². The second-order valence-corrected chi connectivity index (χ2v) is 8.78. The van der Waals surface area contributed by atoms with Gasteiger partial charge in [-0.05, 0) is 56.0 Å². The maximum Gasteiger partial charge on any atom is 0.230 e. The minimum Gasteiger partial charge on any atom is -0.381 e. The van der Waals surface area contributed by atoms with E-state index in [0.29, 0.717) is 12.2 Å². The summed E-state index contributed by atoms with van der Waals surface area (Å²) in [5.41, 5.74) is 5.16. The predicted octanol–water partition coefficient (Wildman–Crippen LogP) is 4.75. The van der Waals surface area contributed by atoms with Crippen LogP contribution in [0.15, 0.2) is 48.7 Å². The van der Waals surface area contributed by atoms with Crippen molar-refractivity contribution < 1.29 is 9.53 Å². The highest BCUT2D eigenvalue weighted by molar-refractivity contribution is 6.00. The summed E-state index contributed by atoms with van der Waals surface area (Å²) in [7, 11) is 3.63. The minimum atomic E-state index is -0.0219. The first kappa shape index (κ1) is 21.2. The number of methoxy groups -OCH3 is 1. The number of hydrogen-bond acceptors (Lipinski definition) is 5. The highest BCUT2D eigenvalue weighted by atomic mass is 16.5. The van der Waals surface area contributed by atoms with E-state index in [1.54, 1.807) is 13.3 Å². The standard InChI is InChI=1S/C26H27N5O2/c1-30-20(15-27)8-12-23(30)18-7-11-22-24(14-18)31(16-19-4-3-13-28-25(19)29-22)26(32)17-5-9-21(33-2)10-6-17/h3-4,7-8,11-14,17,21H,5-6,9-10,16H2,1-2H3,(H,28,29)/t17-,21-. The monoisotopic (exact) mass is 441 g/mol. The number of amides is 1. The number of anilines is 3. The lowest BCUT2D eigenvalue weighted by atomic mass is 9.86. The van der Waals surface area contributed by atoms with E-state index in [4.69, 9.17) is 4.74 Å². The number of nitrogens with one attached hydrogen (secondary N) is 1. The molecule has 168 valence electrons. The lowest BCUT2D eigenvalue weighted by Crippen LogP contribution is -2.38. The summed E-state index contributed by atoms with van der Waals surface area (Å²) in [5, 5.41) is 12.8. The summed E-state index contributed by atoms with van der Waals surface area (Å²) in [6.45, 7) is 0.465. The second kappa shape index (κ2) is 8.72. The van der Waals surface area contributed by atoms with E-state index < -0.39 is 0 Å². The van der Waals surface area contributed by atoms with Crippen LogP contribution in [0.4, 0.5) is 17.2 Å². The number of carbonyl (C=O) groups excluding carboxylic acids is 1. The average Bonchev–Trinajstić information content (AvgIpc) is 3.14. The highest BCUT2D eigenvalue weighted by Gasteiger charge is 2.33. The highest BCUT2D eigenvalue weighted by Crippen LogP contribution is 2.40. The van der Waals surface area contributed by atoms with Gasteiger partial charge in [-0.25, -0.2) is 4.98 Å². The van der Waals surface area contributed by atoms with Crippen LogP contribution in [-0.4, -0.2) is 28.7 Å². The van der Waals surface area contributed by atoms with Crippen molar-refractivity contribution in [3.8, 4) is 17.3 Å². The van der Waals surface area contributed by atoms with Gasteiger partial charge in [0.2, 0.25) is 5.91 Å². The Hall–Kier alpha value is -3.63. The summed E-state index contributed by atoms with van der Waals surface area (Å²) >= 11 is 0. The Morgan fingerprint density at radius 3 is 2.73 bits per heavy atom. The quantitative estimate of drug-likeness (QED) is 0.634. The Bertz CT molecular complexity index is 1230. The number of nitrogens with zero attached hydrogens (tertiary/aromatic N) is 4. The van der Waals surface area contributed by atoms with Crippen molar-refractivity contribution in [3.63, 3.8) is 0 Å². The molecule has 0 radical (unpaired) electrons. The molecular formula is C26H27N5O2. The van der Waals surface area contributed by atoms with Crippen molar-refractivity contribution >= 4 is 23.1 Å². The number of carbonyl (C=O) groups is 1. The molecule has 1 amide bonds. The summed E-state index contributed by atoms with van der Waals surface area (Å²) in [4.78, 5) is 20.2. The van der Waals surface area contributed by atoms with Gasteiger partial charge in [-0.1, -0.05) is 12.1 Å². The molecule has 7 nitrogen and oxygen atoms in total. The predicted molar refractivity (Wildman–Crippen MR) is 127 cm³/mol. The first-order valence-electron chi connectivity index (χ1n) is 11.3. The fourth-order valence-corrected chi connectivity index (χ4v) is 4.96. The van der Waals surface area contributed by atoms with Gasteiger partial charge in [0.15, 0.2) is 0 Å². The Morgan fingerprint density at radius 2 is 2.00 bits per heavy atom. The van der Waals surface area contributed by atoms with Crippen LogP contribution in [0.5, 0.6) is 0 Å². The van der Waals surface area contributed by atoms with Crippen LogP contribution in [0.2, 0.25) is 0 Å². The summed E-state index contributed by atoms with van der Waals surface area (Å²) in [5.74, 6) is 0.896. The minimum absolute atomic E-state index is 0.0219. The van der Waals surface area contributed by atoms with Gasteiger partial charge in [0.25, 0.3) is 0 Å². The van der Waals surface area contributed by atoms with Crippen molar-refractivity contribution in [2.45, 2.75) is 38.3 Å². The van der Waals surface area contributed by atoms with E-state index in [1.165, 1.54) is 0 Å². The summed E-state index contributed by atoms with van der Waals surface area (Å²) in [6.07, 6.45) is 5.49. The zero-order valence-corrected chi connectivity index (χ0v) is 18.9. The Morgan fingerprint density at radius 1 is 1.18 bits per heavy atom. The van der Waals surface area contributed by atoms with Crippen molar-refractivity contribution in [2.24, 2.45) is 13.0 Å². The van der Waals surface area contributed by atoms with Crippen LogP contribution in [0, 0.1) is 17.2 Å². The average molecular weight is 442 g/mol. The number of rotatable bonds is 3. The number of aromatic nitrogens is 2. The van der Waals surface area contributed by atoms with Gasteiger partial charge >= 0.3 is 0 Å². The lowest BCUT2D eigenvalue weighted by Gasteiger charge is -2.32. The Kier molecular flexibility index (Phi) is 5.61. The molecule has 2 aromatic heterocycles. The number of hydrogen-bond donors (Lipinski definition) is 1. The van der Waals surface area contributed by atoms with E-state index in [9.17, 15) is 10.1 Å². The number of ether oxygens (including phenoxy) is 1. The maximum atomic E-state index is 13.8. The van der Waals surface area contributed by atoms with Crippen LogP contribution >= 0.6 is 0 Å². The van der Waals surface area contributed by atoms with Gasteiger partial charge in [0.05, 0.1) is 24.0 Å². The molecule has 1 fully saturated rings. The van der Waals surface area contributed by atoms with Crippen LogP contribution in [0.1, 0.15) is 36.9 Å². The summed E-state index contributed by atoms with van der Waals surface area (Å²) in [6, 6.07) is 16.0. The number of fused-ring (bicyclic) bond motifs is 2. The van der Waals surface area contributed by atoms with E-state index in [0.717, 1.165) is 59.7 Å². The SMILES string of the molecule is CO[C@H]1CC[C@H](C(=O)N2Cc3cccnc3Nc3ccc(-c4ccc(C#N)n4C)cc32)CC1. The van der Waals surface area contributed by atoms with E-state index in [1.807, 2.05) is 59.0 Å². The fourth-order valence-electron chi connectivity index (χ4n) is 4.96. The van der Waals surface area contributed by atoms with Crippen LogP contribution < -0.4 is 10.2 Å². The van der Waals surface area contributed by atoms with Gasteiger partial charge in [-0.2, -0.15) is 5.26 Å². The third kappa shape index (κ3) is 3.87. The third-order valence-corrected chi connectivity index (χ3v) is 6.92. The Labute approximate surface area is 193 Å². The number of benzene rings is 1. The first-order valence-corrected chi connectivity index (χ1v) is 11.3. The van der Waals surface area contributed by atoms with E-state index >= 15 is 0 Å².